The van der Waals surface area contributed by atoms with E-state index in [1.165, 1.54) is 11.1 Å². The van der Waals surface area contributed by atoms with Crippen LogP contribution < -0.4 is 0 Å². The van der Waals surface area contributed by atoms with Gasteiger partial charge in [-0.05, 0) is 24.0 Å². The summed E-state index contributed by atoms with van der Waals surface area (Å²) in [5, 5.41) is 0. The first-order valence-corrected chi connectivity index (χ1v) is 4.61. The fourth-order valence-corrected chi connectivity index (χ4v) is 2.80. The summed E-state index contributed by atoms with van der Waals surface area (Å²) < 4.78 is 13.6. The molecular weight excluding hydrogens is 151 g/mol. The summed E-state index contributed by atoms with van der Waals surface area (Å²) in [6.45, 7) is 0. The normalized spacial score (nSPS) is 36.9. The van der Waals surface area contributed by atoms with E-state index in [4.69, 9.17) is 0 Å². The van der Waals surface area contributed by atoms with E-state index in [-0.39, 0.29) is 11.8 Å². The third-order valence-corrected chi connectivity index (χ3v) is 3.35. The molecule has 62 valence electrons. The Morgan fingerprint density at radius 3 is 2.00 bits per heavy atom. The molecule has 1 aromatic rings. The molecule has 0 saturated heterocycles. The Bertz CT molecular complexity index is 288. The molecule has 0 N–H and O–H groups in total. The number of halogens is 1. The fourth-order valence-electron chi connectivity index (χ4n) is 2.80. The van der Waals surface area contributed by atoms with E-state index >= 15 is 0 Å². The zero-order valence-electron chi connectivity index (χ0n) is 6.83. The lowest BCUT2D eigenvalue weighted by atomic mass is 9.92. The predicted octanol–water partition coefficient (Wildman–Crippen LogP) is 3.00. The molecule has 12 heavy (non-hydrogen) atoms. The van der Waals surface area contributed by atoms with Gasteiger partial charge in [0.05, 0.1) is 0 Å². The molecule has 0 aliphatic heterocycles. The van der Waals surface area contributed by atoms with Crippen LogP contribution in [0.2, 0.25) is 0 Å². The third kappa shape index (κ3) is 0.626. The Morgan fingerprint density at radius 2 is 1.50 bits per heavy atom. The standard InChI is InChI=1S/C11H11F/c12-11-9-5-6-10(11)8-4-2-1-3-7(8)9/h1-4,9-11H,5-6H2/t9-,10+,11?. The maximum Gasteiger partial charge on any atom is 0.114 e. The molecule has 1 saturated carbocycles. The molecule has 0 amide bonds. The van der Waals surface area contributed by atoms with Gasteiger partial charge in [-0.1, -0.05) is 24.3 Å². The number of benzene rings is 1. The molecule has 1 aromatic carbocycles. The van der Waals surface area contributed by atoms with Gasteiger partial charge >= 0.3 is 0 Å². The average molecular weight is 162 g/mol. The summed E-state index contributed by atoms with van der Waals surface area (Å²) >= 11 is 0. The van der Waals surface area contributed by atoms with Crippen LogP contribution in [0.15, 0.2) is 24.3 Å². The molecule has 1 fully saturated rings. The lowest BCUT2D eigenvalue weighted by Crippen LogP contribution is -2.01. The lowest BCUT2D eigenvalue weighted by Gasteiger charge is -2.12. The van der Waals surface area contributed by atoms with Gasteiger partial charge in [0, 0.05) is 11.8 Å². The van der Waals surface area contributed by atoms with Gasteiger partial charge in [-0.25, -0.2) is 4.39 Å². The number of fused-ring (bicyclic) bond motifs is 5. The van der Waals surface area contributed by atoms with Crippen molar-refractivity contribution in [2.24, 2.45) is 0 Å². The second-order valence-corrected chi connectivity index (χ2v) is 3.86. The van der Waals surface area contributed by atoms with Crippen LogP contribution in [-0.2, 0) is 0 Å². The highest BCUT2D eigenvalue weighted by molar-refractivity contribution is 5.43. The monoisotopic (exact) mass is 162 g/mol. The highest BCUT2D eigenvalue weighted by Gasteiger charge is 2.45. The topological polar surface area (TPSA) is 0 Å². The van der Waals surface area contributed by atoms with Gasteiger partial charge in [0.15, 0.2) is 0 Å². The molecule has 2 aliphatic carbocycles. The first-order valence-electron chi connectivity index (χ1n) is 4.61. The van der Waals surface area contributed by atoms with E-state index in [9.17, 15) is 4.39 Å². The molecule has 1 heteroatoms. The average Bonchev–Trinajstić information content (AvgIpc) is 2.61. The minimum atomic E-state index is -0.581. The van der Waals surface area contributed by atoms with Gasteiger partial charge in [-0.15, -0.1) is 0 Å². The van der Waals surface area contributed by atoms with Crippen molar-refractivity contribution >= 4 is 0 Å². The molecule has 0 spiro atoms. The largest absolute Gasteiger partial charge is 0.246 e. The SMILES string of the molecule is FC1[C@@H]2CC[C@H]1c1ccccc12. The van der Waals surface area contributed by atoms with Gasteiger partial charge in [-0.3, -0.25) is 0 Å². The Morgan fingerprint density at radius 1 is 1.00 bits per heavy atom. The summed E-state index contributed by atoms with van der Waals surface area (Å²) in [6.07, 6.45) is 1.54. The number of alkyl halides is 1. The van der Waals surface area contributed by atoms with Crippen LogP contribution in [0.25, 0.3) is 0 Å². The molecule has 0 radical (unpaired) electrons. The van der Waals surface area contributed by atoms with Gasteiger partial charge in [0.25, 0.3) is 0 Å². The van der Waals surface area contributed by atoms with Crippen molar-refractivity contribution in [3.63, 3.8) is 0 Å². The van der Waals surface area contributed by atoms with Gasteiger partial charge < -0.3 is 0 Å². The molecule has 0 nitrogen and oxygen atoms in total. The molecular formula is C11H11F. The Balaban J connectivity index is 2.21. The van der Waals surface area contributed by atoms with Gasteiger partial charge in [-0.2, -0.15) is 0 Å². The molecule has 2 aliphatic rings. The highest BCUT2D eigenvalue weighted by Crippen LogP contribution is 2.54. The van der Waals surface area contributed by atoms with E-state index in [1.54, 1.807) is 0 Å². The van der Waals surface area contributed by atoms with Crippen LogP contribution >= 0.6 is 0 Å². The summed E-state index contributed by atoms with van der Waals surface area (Å²) in [5.74, 6) is 0.456. The molecule has 3 rings (SSSR count). The molecule has 3 atom stereocenters. The Hall–Kier alpha value is -0.850. The highest BCUT2D eigenvalue weighted by atomic mass is 19.1. The first-order chi connectivity index (χ1) is 5.88. The van der Waals surface area contributed by atoms with Crippen molar-refractivity contribution in [3.8, 4) is 0 Å². The second-order valence-electron chi connectivity index (χ2n) is 3.86. The van der Waals surface area contributed by atoms with Crippen molar-refractivity contribution in [1.29, 1.82) is 0 Å². The smallest absolute Gasteiger partial charge is 0.114 e. The Kier molecular flexibility index (Phi) is 1.16. The van der Waals surface area contributed by atoms with E-state index < -0.39 is 6.17 Å². The number of hydrogen-bond acceptors (Lipinski definition) is 0. The van der Waals surface area contributed by atoms with Crippen molar-refractivity contribution in [2.75, 3.05) is 0 Å². The minimum Gasteiger partial charge on any atom is -0.246 e. The minimum absolute atomic E-state index is 0.228. The zero-order chi connectivity index (χ0) is 8.13. The maximum absolute atomic E-state index is 13.6. The van der Waals surface area contributed by atoms with E-state index in [1.807, 2.05) is 12.1 Å². The first kappa shape index (κ1) is 6.64. The van der Waals surface area contributed by atoms with Crippen molar-refractivity contribution in [1.82, 2.24) is 0 Å². The van der Waals surface area contributed by atoms with E-state index in [2.05, 4.69) is 12.1 Å². The summed E-state index contributed by atoms with van der Waals surface area (Å²) in [5.41, 5.74) is 2.56. The fraction of sp³-hybridized carbons (Fsp3) is 0.455. The quantitative estimate of drug-likeness (QED) is 0.550. The third-order valence-electron chi connectivity index (χ3n) is 3.35. The number of rotatable bonds is 0. The lowest BCUT2D eigenvalue weighted by molar-refractivity contribution is 0.307. The van der Waals surface area contributed by atoms with E-state index in [0.29, 0.717) is 0 Å². The van der Waals surface area contributed by atoms with Gasteiger partial charge in [0.1, 0.15) is 6.17 Å². The van der Waals surface area contributed by atoms with Crippen molar-refractivity contribution in [3.05, 3.63) is 35.4 Å². The van der Waals surface area contributed by atoms with Crippen LogP contribution in [0, 0.1) is 0 Å². The predicted molar refractivity (Wildman–Crippen MR) is 46.1 cm³/mol. The van der Waals surface area contributed by atoms with Crippen LogP contribution in [0.3, 0.4) is 0 Å². The van der Waals surface area contributed by atoms with Crippen molar-refractivity contribution < 1.29 is 4.39 Å². The van der Waals surface area contributed by atoms with Crippen LogP contribution in [-0.4, -0.2) is 6.17 Å². The Labute approximate surface area is 71.4 Å². The summed E-state index contributed by atoms with van der Waals surface area (Å²) in [7, 11) is 0. The molecule has 1 unspecified atom stereocenters. The van der Waals surface area contributed by atoms with E-state index in [0.717, 1.165) is 12.8 Å². The van der Waals surface area contributed by atoms with Gasteiger partial charge in [0.2, 0.25) is 0 Å². The molecule has 0 aromatic heterocycles. The zero-order valence-corrected chi connectivity index (χ0v) is 6.83. The summed E-state index contributed by atoms with van der Waals surface area (Å²) in [4.78, 5) is 0. The van der Waals surface area contributed by atoms with Crippen LogP contribution in [0.5, 0.6) is 0 Å². The van der Waals surface area contributed by atoms with Crippen molar-refractivity contribution in [2.45, 2.75) is 30.8 Å². The van der Waals surface area contributed by atoms with Crippen LogP contribution in [0.4, 0.5) is 4.39 Å². The molecule has 0 heterocycles. The molecule has 2 bridgehead atoms. The summed E-state index contributed by atoms with van der Waals surface area (Å²) in [6, 6.07) is 8.22. The van der Waals surface area contributed by atoms with Crippen LogP contribution in [0.1, 0.15) is 35.8 Å². The second kappa shape index (κ2) is 2.09. The maximum atomic E-state index is 13.6. The number of hydrogen-bond donors (Lipinski definition) is 0.